The van der Waals surface area contributed by atoms with Gasteiger partial charge in [-0.2, -0.15) is 0 Å². The molecular weight excluding hydrogens is 182 g/mol. The molecule has 0 aliphatic heterocycles. The van der Waals surface area contributed by atoms with E-state index in [1.165, 1.54) is 16.5 Å². The van der Waals surface area contributed by atoms with E-state index in [1.54, 1.807) is 0 Å². The number of benzene rings is 1. The topological polar surface area (TPSA) is 4.93 Å². The highest BCUT2D eigenvalue weighted by atomic mass is 15.0. The molecule has 0 bridgehead atoms. The summed E-state index contributed by atoms with van der Waals surface area (Å²) in [5, 5.41) is 1.37. The molecule has 2 aromatic rings. The van der Waals surface area contributed by atoms with Crippen LogP contribution in [-0.2, 0) is 0 Å². The van der Waals surface area contributed by atoms with Gasteiger partial charge in [0.15, 0.2) is 0 Å². The minimum Gasteiger partial charge on any atom is -0.345 e. The van der Waals surface area contributed by atoms with Gasteiger partial charge in [-0.1, -0.05) is 32.0 Å². The van der Waals surface area contributed by atoms with Crippen molar-refractivity contribution in [2.75, 3.05) is 0 Å². The number of nitrogens with zero attached hydrogens (tertiary/aromatic N) is 1. The van der Waals surface area contributed by atoms with E-state index in [1.807, 2.05) is 13.8 Å². The third-order valence-corrected chi connectivity index (χ3v) is 2.50. The Morgan fingerprint density at radius 2 is 1.67 bits per heavy atom. The number of aryl methyl sites for hydroxylation is 1. The Morgan fingerprint density at radius 3 is 2.27 bits per heavy atom. The molecule has 0 unspecified atom stereocenters. The maximum absolute atomic E-state index is 2.32. The minimum atomic E-state index is 0.540. The molecule has 0 aliphatic carbocycles. The molecule has 82 valence electrons. The largest absolute Gasteiger partial charge is 0.345 e. The Balaban J connectivity index is 0.000000531. The number of hydrogen-bond acceptors (Lipinski definition) is 0. The highest BCUT2D eigenvalue weighted by molar-refractivity contribution is 5.83. The molecule has 0 saturated heterocycles. The van der Waals surface area contributed by atoms with Gasteiger partial charge >= 0.3 is 0 Å². The van der Waals surface area contributed by atoms with Crippen LogP contribution in [0.1, 0.15) is 39.3 Å². The summed E-state index contributed by atoms with van der Waals surface area (Å²) in [6.07, 6.45) is 2.23. The van der Waals surface area contributed by atoms with E-state index in [4.69, 9.17) is 0 Å². The average Bonchev–Trinajstić information content (AvgIpc) is 2.60. The molecule has 2 rings (SSSR count). The monoisotopic (exact) mass is 203 g/mol. The van der Waals surface area contributed by atoms with Crippen LogP contribution in [0.3, 0.4) is 0 Å². The second-order valence-corrected chi connectivity index (χ2v) is 3.83. The van der Waals surface area contributed by atoms with E-state index in [-0.39, 0.29) is 0 Å². The lowest BCUT2D eigenvalue weighted by molar-refractivity contribution is 0.622. The lowest BCUT2D eigenvalue weighted by Gasteiger charge is -2.08. The second-order valence-electron chi connectivity index (χ2n) is 3.83. The van der Waals surface area contributed by atoms with E-state index in [9.17, 15) is 0 Å². The van der Waals surface area contributed by atoms with Crippen LogP contribution in [-0.4, -0.2) is 4.57 Å². The van der Waals surface area contributed by atoms with Crippen molar-refractivity contribution in [2.45, 2.75) is 40.7 Å². The van der Waals surface area contributed by atoms with Crippen molar-refractivity contribution in [1.82, 2.24) is 4.57 Å². The van der Waals surface area contributed by atoms with Gasteiger partial charge in [0.1, 0.15) is 0 Å². The van der Waals surface area contributed by atoms with Gasteiger partial charge in [0.05, 0.1) is 0 Å². The number of rotatable bonds is 1. The van der Waals surface area contributed by atoms with Crippen molar-refractivity contribution in [1.29, 1.82) is 0 Å². The maximum Gasteiger partial charge on any atom is 0.0485 e. The van der Waals surface area contributed by atoms with Crippen molar-refractivity contribution >= 4 is 10.9 Å². The fourth-order valence-corrected chi connectivity index (χ4v) is 1.81. The van der Waals surface area contributed by atoms with Crippen LogP contribution in [0.15, 0.2) is 30.5 Å². The number of para-hydroxylation sites is 1. The molecule has 0 atom stereocenters. The Bertz CT molecular complexity index is 424. The molecule has 0 aliphatic rings. The van der Waals surface area contributed by atoms with Crippen LogP contribution in [0.25, 0.3) is 10.9 Å². The molecule has 0 amide bonds. The Labute approximate surface area is 92.7 Å². The summed E-state index contributed by atoms with van der Waals surface area (Å²) in [6, 6.07) is 9.10. The van der Waals surface area contributed by atoms with Crippen LogP contribution in [0.2, 0.25) is 0 Å². The summed E-state index contributed by atoms with van der Waals surface area (Å²) in [4.78, 5) is 0. The molecule has 1 heterocycles. The van der Waals surface area contributed by atoms with Crippen molar-refractivity contribution < 1.29 is 0 Å². The zero-order valence-electron chi connectivity index (χ0n) is 10.4. The summed E-state index contributed by atoms with van der Waals surface area (Å²) < 4.78 is 2.32. The SMILES string of the molecule is CC.Cc1cn(C(C)C)c2ccccc12. The fraction of sp³-hybridized carbons (Fsp3) is 0.429. The molecule has 15 heavy (non-hydrogen) atoms. The Kier molecular flexibility index (Phi) is 3.96. The first kappa shape index (κ1) is 11.8. The lowest BCUT2D eigenvalue weighted by Crippen LogP contribution is -1.97. The smallest absolute Gasteiger partial charge is 0.0485 e. The second kappa shape index (κ2) is 5.01. The predicted octanol–water partition coefficient (Wildman–Crippen LogP) is 4.56. The van der Waals surface area contributed by atoms with Crippen LogP contribution in [0, 0.1) is 6.92 Å². The molecule has 0 radical (unpaired) electrons. The normalized spacial score (nSPS) is 10.3. The zero-order chi connectivity index (χ0) is 11.4. The van der Waals surface area contributed by atoms with E-state index < -0.39 is 0 Å². The van der Waals surface area contributed by atoms with Gasteiger partial charge in [-0.25, -0.2) is 0 Å². The molecule has 1 heteroatoms. The predicted molar refractivity (Wildman–Crippen MR) is 68.4 cm³/mol. The molecule has 0 saturated carbocycles. The quantitative estimate of drug-likeness (QED) is 0.640. The maximum atomic E-state index is 2.32. The van der Waals surface area contributed by atoms with Gasteiger partial charge in [0, 0.05) is 23.1 Å². The molecule has 0 N–H and O–H groups in total. The van der Waals surface area contributed by atoms with E-state index in [0.29, 0.717) is 6.04 Å². The summed E-state index contributed by atoms with van der Waals surface area (Å²) in [5.74, 6) is 0. The third kappa shape index (κ3) is 2.23. The Morgan fingerprint density at radius 1 is 1.07 bits per heavy atom. The molecule has 1 aromatic heterocycles. The highest BCUT2D eigenvalue weighted by Crippen LogP contribution is 2.23. The van der Waals surface area contributed by atoms with Crippen molar-refractivity contribution in [3.8, 4) is 0 Å². The van der Waals surface area contributed by atoms with Gasteiger partial charge in [-0.05, 0) is 32.4 Å². The van der Waals surface area contributed by atoms with E-state index >= 15 is 0 Å². The first-order chi connectivity index (χ1) is 7.20. The van der Waals surface area contributed by atoms with E-state index in [0.717, 1.165) is 0 Å². The van der Waals surface area contributed by atoms with Crippen molar-refractivity contribution in [3.63, 3.8) is 0 Å². The van der Waals surface area contributed by atoms with Crippen LogP contribution >= 0.6 is 0 Å². The molecule has 1 nitrogen and oxygen atoms in total. The van der Waals surface area contributed by atoms with Gasteiger partial charge in [-0.15, -0.1) is 0 Å². The third-order valence-electron chi connectivity index (χ3n) is 2.50. The summed E-state index contributed by atoms with van der Waals surface area (Å²) in [7, 11) is 0. The summed E-state index contributed by atoms with van der Waals surface area (Å²) in [6.45, 7) is 10.6. The summed E-state index contributed by atoms with van der Waals surface area (Å²) in [5.41, 5.74) is 2.71. The zero-order valence-corrected chi connectivity index (χ0v) is 10.4. The number of aromatic nitrogens is 1. The average molecular weight is 203 g/mol. The first-order valence-electron chi connectivity index (χ1n) is 5.76. The standard InChI is InChI=1S/C12H15N.C2H6/c1-9(2)13-8-10(3)11-6-4-5-7-12(11)13;1-2/h4-9H,1-3H3;1-2H3. The highest BCUT2D eigenvalue weighted by Gasteiger charge is 2.05. The van der Waals surface area contributed by atoms with Gasteiger partial charge in [0.2, 0.25) is 0 Å². The van der Waals surface area contributed by atoms with Gasteiger partial charge < -0.3 is 4.57 Å². The van der Waals surface area contributed by atoms with Crippen molar-refractivity contribution in [3.05, 3.63) is 36.0 Å². The van der Waals surface area contributed by atoms with Crippen LogP contribution in [0.4, 0.5) is 0 Å². The molecule has 0 fully saturated rings. The van der Waals surface area contributed by atoms with Gasteiger partial charge in [0.25, 0.3) is 0 Å². The number of hydrogen-bond donors (Lipinski definition) is 0. The molecule has 0 spiro atoms. The van der Waals surface area contributed by atoms with Crippen LogP contribution < -0.4 is 0 Å². The van der Waals surface area contributed by atoms with Gasteiger partial charge in [-0.3, -0.25) is 0 Å². The van der Waals surface area contributed by atoms with E-state index in [2.05, 4.69) is 55.8 Å². The lowest BCUT2D eigenvalue weighted by atomic mass is 10.2. The molecular formula is C14H21N. The van der Waals surface area contributed by atoms with Crippen molar-refractivity contribution in [2.24, 2.45) is 0 Å². The minimum absolute atomic E-state index is 0.540. The summed E-state index contributed by atoms with van der Waals surface area (Å²) >= 11 is 0. The first-order valence-corrected chi connectivity index (χ1v) is 5.76. The molecule has 1 aromatic carbocycles. The number of fused-ring (bicyclic) bond motifs is 1. The Hall–Kier alpha value is -1.24. The van der Waals surface area contributed by atoms with Crippen LogP contribution in [0.5, 0.6) is 0 Å². The fourth-order valence-electron chi connectivity index (χ4n) is 1.81.